The van der Waals surface area contributed by atoms with E-state index in [0.717, 1.165) is 4.90 Å². The van der Waals surface area contributed by atoms with Crippen molar-refractivity contribution in [1.82, 2.24) is 15.4 Å². The molecule has 0 aliphatic carbocycles. The second-order valence-electron chi connectivity index (χ2n) is 2.70. The maximum Gasteiger partial charge on any atom is 0.359 e. The number of nitrogens with zero attached hydrogens (tertiary/aromatic N) is 2. The summed E-state index contributed by atoms with van der Waals surface area (Å²) in [6, 6.07) is 9.41. The summed E-state index contributed by atoms with van der Waals surface area (Å²) in [7, 11) is 0. The Balaban J connectivity index is 2.25. The van der Waals surface area contributed by atoms with Crippen LogP contribution in [0.15, 0.2) is 40.3 Å². The number of hydrogen-bond donors (Lipinski definition) is 2. The molecule has 0 fully saturated rings. The van der Waals surface area contributed by atoms with Crippen LogP contribution in [0.5, 0.6) is 0 Å². The zero-order valence-corrected chi connectivity index (χ0v) is 8.36. The average Bonchev–Trinajstić information content (AvgIpc) is 2.67. The number of carbonyl (C=O) groups is 1. The molecule has 0 radical (unpaired) electrons. The van der Waals surface area contributed by atoms with Crippen LogP contribution in [0.25, 0.3) is 0 Å². The van der Waals surface area contributed by atoms with Crippen LogP contribution >= 0.6 is 11.8 Å². The first-order valence-electron chi connectivity index (χ1n) is 4.14. The van der Waals surface area contributed by atoms with Gasteiger partial charge in [-0.2, -0.15) is 5.21 Å². The van der Waals surface area contributed by atoms with Gasteiger partial charge < -0.3 is 5.11 Å². The molecule has 1 aromatic carbocycles. The van der Waals surface area contributed by atoms with E-state index < -0.39 is 5.97 Å². The molecule has 76 valence electrons. The van der Waals surface area contributed by atoms with Crippen LogP contribution in [-0.2, 0) is 0 Å². The Morgan fingerprint density at radius 2 is 2.00 bits per heavy atom. The van der Waals surface area contributed by atoms with Gasteiger partial charge in [-0.15, -0.1) is 10.2 Å². The molecule has 0 spiro atoms. The summed E-state index contributed by atoms with van der Waals surface area (Å²) >= 11 is 1.26. The molecule has 0 aliphatic heterocycles. The molecule has 5 nitrogen and oxygen atoms in total. The minimum atomic E-state index is -1.08. The molecule has 1 heterocycles. The fourth-order valence-electron chi connectivity index (χ4n) is 1.03. The largest absolute Gasteiger partial charge is 0.476 e. The number of aromatic nitrogens is 3. The van der Waals surface area contributed by atoms with Gasteiger partial charge in [-0.25, -0.2) is 4.79 Å². The smallest absolute Gasteiger partial charge is 0.359 e. The average molecular weight is 221 g/mol. The Kier molecular flexibility index (Phi) is 2.68. The van der Waals surface area contributed by atoms with Gasteiger partial charge in [-0.1, -0.05) is 30.0 Å². The number of carboxylic acids is 1. The maximum absolute atomic E-state index is 10.7. The number of benzene rings is 1. The van der Waals surface area contributed by atoms with Gasteiger partial charge in [0, 0.05) is 4.90 Å². The van der Waals surface area contributed by atoms with Crippen LogP contribution in [0.3, 0.4) is 0 Å². The SMILES string of the molecule is O=C(O)c1n[nH]nc1Sc1ccccc1. The number of H-pyrrole nitrogens is 1. The first-order chi connectivity index (χ1) is 7.27. The Morgan fingerprint density at radius 3 is 2.67 bits per heavy atom. The van der Waals surface area contributed by atoms with E-state index in [1.54, 1.807) is 0 Å². The van der Waals surface area contributed by atoms with Crippen LogP contribution in [-0.4, -0.2) is 26.5 Å². The van der Waals surface area contributed by atoms with E-state index in [4.69, 9.17) is 5.11 Å². The number of nitrogens with one attached hydrogen (secondary N) is 1. The van der Waals surface area contributed by atoms with Crippen LogP contribution in [0.4, 0.5) is 0 Å². The molecule has 2 rings (SSSR count). The van der Waals surface area contributed by atoms with E-state index in [1.807, 2.05) is 30.3 Å². The highest BCUT2D eigenvalue weighted by atomic mass is 32.2. The molecule has 0 saturated carbocycles. The summed E-state index contributed by atoms with van der Waals surface area (Å²) < 4.78 is 0. The molecule has 0 atom stereocenters. The van der Waals surface area contributed by atoms with Crippen LogP contribution in [0.1, 0.15) is 10.5 Å². The number of rotatable bonds is 3. The molecule has 6 heteroatoms. The highest BCUT2D eigenvalue weighted by Gasteiger charge is 2.15. The monoisotopic (exact) mass is 221 g/mol. The van der Waals surface area contributed by atoms with Crippen molar-refractivity contribution in [2.24, 2.45) is 0 Å². The molecule has 1 aromatic heterocycles. The lowest BCUT2D eigenvalue weighted by Crippen LogP contribution is -1.98. The minimum absolute atomic E-state index is 0.0520. The van der Waals surface area contributed by atoms with Gasteiger partial charge in [0.05, 0.1) is 0 Å². The highest BCUT2D eigenvalue weighted by molar-refractivity contribution is 7.99. The van der Waals surface area contributed by atoms with Crippen molar-refractivity contribution in [3.63, 3.8) is 0 Å². The second-order valence-corrected chi connectivity index (χ2v) is 3.76. The van der Waals surface area contributed by atoms with E-state index in [1.165, 1.54) is 11.8 Å². The van der Waals surface area contributed by atoms with Crippen molar-refractivity contribution >= 4 is 17.7 Å². The Morgan fingerprint density at radius 1 is 1.27 bits per heavy atom. The maximum atomic E-state index is 10.7. The number of aromatic carboxylic acids is 1. The van der Waals surface area contributed by atoms with Crippen LogP contribution < -0.4 is 0 Å². The van der Waals surface area contributed by atoms with Crippen molar-refractivity contribution < 1.29 is 9.90 Å². The lowest BCUT2D eigenvalue weighted by Gasteiger charge is -1.96. The third kappa shape index (κ3) is 2.16. The highest BCUT2D eigenvalue weighted by Crippen LogP contribution is 2.26. The molecule has 2 aromatic rings. The predicted molar refractivity (Wildman–Crippen MR) is 53.9 cm³/mol. The van der Waals surface area contributed by atoms with Gasteiger partial charge >= 0.3 is 5.97 Å². The molecule has 0 saturated heterocycles. The zero-order valence-electron chi connectivity index (χ0n) is 7.54. The predicted octanol–water partition coefficient (Wildman–Crippen LogP) is 1.65. The molecular weight excluding hydrogens is 214 g/mol. The summed E-state index contributed by atoms with van der Waals surface area (Å²) in [5, 5.41) is 18.8. The Bertz CT molecular complexity index is 469. The second kappa shape index (κ2) is 4.14. The van der Waals surface area contributed by atoms with E-state index >= 15 is 0 Å². The quantitative estimate of drug-likeness (QED) is 0.823. The zero-order chi connectivity index (χ0) is 10.7. The van der Waals surface area contributed by atoms with Gasteiger partial charge in [0.25, 0.3) is 0 Å². The van der Waals surface area contributed by atoms with E-state index in [9.17, 15) is 4.79 Å². The molecule has 2 N–H and O–H groups in total. The first kappa shape index (κ1) is 9.72. The normalized spacial score (nSPS) is 10.1. The number of hydrogen-bond acceptors (Lipinski definition) is 4. The van der Waals surface area contributed by atoms with Gasteiger partial charge in [0.1, 0.15) is 0 Å². The topological polar surface area (TPSA) is 78.9 Å². The van der Waals surface area contributed by atoms with Gasteiger partial charge in [0.2, 0.25) is 5.69 Å². The van der Waals surface area contributed by atoms with Crippen molar-refractivity contribution in [3.05, 3.63) is 36.0 Å². The third-order valence-electron chi connectivity index (χ3n) is 1.68. The first-order valence-corrected chi connectivity index (χ1v) is 4.96. The Hall–Kier alpha value is -1.82. The summed E-state index contributed by atoms with van der Waals surface area (Å²) in [5.41, 5.74) is -0.0520. The van der Waals surface area contributed by atoms with Crippen LogP contribution in [0.2, 0.25) is 0 Å². The molecule has 0 amide bonds. The van der Waals surface area contributed by atoms with E-state index in [2.05, 4.69) is 15.4 Å². The lowest BCUT2D eigenvalue weighted by molar-refractivity contribution is 0.0686. The van der Waals surface area contributed by atoms with Gasteiger partial charge in [-0.3, -0.25) is 0 Å². The summed E-state index contributed by atoms with van der Waals surface area (Å²) in [5.74, 6) is -1.08. The van der Waals surface area contributed by atoms with E-state index in [-0.39, 0.29) is 5.69 Å². The van der Waals surface area contributed by atoms with Crippen molar-refractivity contribution in [2.75, 3.05) is 0 Å². The van der Waals surface area contributed by atoms with Gasteiger partial charge in [0.15, 0.2) is 5.03 Å². The summed E-state index contributed by atoms with van der Waals surface area (Å²) in [6.07, 6.45) is 0. The fraction of sp³-hybridized carbons (Fsp3) is 0. The van der Waals surface area contributed by atoms with Gasteiger partial charge in [-0.05, 0) is 12.1 Å². The molecule has 0 bridgehead atoms. The third-order valence-corrected chi connectivity index (χ3v) is 2.66. The Labute approximate surface area is 89.5 Å². The molecular formula is C9H7N3O2S. The molecule has 15 heavy (non-hydrogen) atoms. The fourth-order valence-corrected chi connectivity index (χ4v) is 1.86. The van der Waals surface area contributed by atoms with E-state index in [0.29, 0.717) is 5.03 Å². The van der Waals surface area contributed by atoms with Crippen LogP contribution in [0, 0.1) is 0 Å². The van der Waals surface area contributed by atoms with Crippen molar-refractivity contribution in [2.45, 2.75) is 9.92 Å². The lowest BCUT2D eigenvalue weighted by atomic mass is 10.4. The summed E-state index contributed by atoms with van der Waals surface area (Å²) in [4.78, 5) is 11.7. The van der Waals surface area contributed by atoms with Crippen molar-refractivity contribution in [3.8, 4) is 0 Å². The minimum Gasteiger partial charge on any atom is -0.476 e. The van der Waals surface area contributed by atoms with Crippen molar-refractivity contribution in [1.29, 1.82) is 0 Å². The number of aromatic amines is 1. The molecule has 0 unspecified atom stereocenters. The number of carboxylic acid groups (broad SMARTS) is 1. The summed E-state index contributed by atoms with van der Waals surface area (Å²) in [6.45, 7) is 0. The molecule has 0 aliphatic rings. The standard InChI is InChI=1S/C9H7N3O2S/c13-9(14)7-8(11-12-10-7)15-6-4-2-1-3-5-6/h1-5H,(H,13,14)(H,10,11,12).